The minimum atomic E-state index is -3.34. The highest BCUT2D eigenvalue weighted by atomic mass is 32.2. The Bertz CT molecular complexity index is 1030. The summed E-state index contributed by atoms with van der Waals surface area (Å²) in [5.41, 5.74) is 2.36. The van der Waals surface area contributed by atoms with Crippen molar-refractivity contribution >= 4 is 15.9 Å². The molecule has 0 radical (unpaired) electrons. The van der Waals surface area contributed by atoms with Gasteiger partial charge in [-0.3, -0.25) is 4.79 Å². The van der Waals surface area contributed by atoms with Gasteiger partial charge in [0.2, 0.25) is 10.0 Å². The number of carbonyl (C=O) groups excluding carboxylic acids is 1. The van der Waals surface area contributed by atoms with Crippen LogP contribution in [0.15, 0.2) is 30.7 Å². The first kappa shape index (κ1) is 21.8. The van der Waals surface area contributed by atoms with Gasteiger partial charge in [0.25, 0.3) is 5.91 Å². The number of hydrogen-bond donors (Lipinski definition) is 2. The molecule has 10 heteroatoms. The van der Waals surface area contributed by atoms with Gasteiger partial charge < -0.3 is 19.4 Å². The molecule has 0 unspecified atom stereocenters. The number of hydrogen-bond acceptors (Lipinski definition) is 6. The Kier molecular flexibility index (Phi) is 6.59. The fraction of sp³-hybridized carbons (Fsp3) is 0.524. The summed E-state index contributed by atoms with van der Waals surface area (Å²) in [6, 6.07) is 5.38. The predicted molar refractivity (Wildman–Crippen MR) is 115 cm³/mol. The van der Waals surface area contributed by atoms with Crippen molar-refractivity contribution < 1.29 is 22.7 Å². The fourth-order valence-electron chi connectivity index (χ4n) is 4.10. The summed E-state index contributed by atoms with van der Waals surface area (Å²) >= 11 is 0. The van der Waals surface area contributed by atoms with Gasteiger partial charge >= 0.3 is 0 Å². The molecular weight excluding hydrogens is 420 g/mol. The molecule has 1 aliphatic carbocycles. The molecule has 0 atom stereocenters. The van der Waals surface area contributed by atoms with Gasteiger partial charge in [0.15, 0.2) is 0 Å². The zero-order valence-corrected chi connectivity index (χ0v) is 18.4. The summed E-state index contributed by atoms with van der Waals surface area (Å²) in [5, 5.41) is 3.09. The Morgan fingerprint density at radius 2 is 2.03 bits per heavy atom. The lowest BCUT2D eigenvalue weighted by Crippen LogP contribution is -2.44. The molecule has 1 fully saturated rings. The smallest absolute Gasteiger partial charge is 0.251 e. The number of benzene rings is 1. The Hall–Kier alpha value is -2.43. The van der Waals surface area contributed by atoms with Gasteiger partial charge in [-0.15, -0.1) is 0 Å². The number of nitrogens with zero attached hydrogens (tertiary/aromatic N) is 2. The van der Waals surface area contributed by atoms with E-state index in [1.807, 2.05) is 16.7 Å². The summed E-state index contributed by atoms with van der Waals surface area (Å²) in [4.78, 5) is 17.1. The number of nitrogens with one attached hydrogen (secondary N) is 2. The number of aromatic nitrogens is 2. The maximum Gasteiger partial charge on any atom is 0.251 e. The molecule has 1 amide bonds. The van der Waals surface area contributed by atoms with Crippen molar-refractivity contribution in [3.05, 3.63) is 36.3 Å². The van der Waals surface area contributed by atoms with Crippen molar-refractivity contribution in [3.63, 3.8) is 0 Å². The average Bonchev–Trinajstić information content (AvgIpc) is 3.15. The lowest BCUT2D eigenvalue weighted by Gasteiger charge is -2.29. The van der Waals surface area contributed by atoms with Crippen LogP contribution in [-0.4, -0.2) is 62.0 Å². The Morgan fingerprint density at radius 1 is 1.26 bits per heavy atom. The summed E-state index contributed by atoms with van der Waals surface area (Å²) in [7, 11) is -1.86. The van der Waals surface area contributed by atoms with E-state index in [2.05, 4.69) is 15.0 Å². The van der Waals surface area contributed by atoms with E-state index in [-0.39, 0.29) is 30.4 Å². The first-order chi connectivity index (χ1) is 14.9. The maximum absolute atomic E-state index is 12.9. The topological polar surface area (TPSA) is 112 Å². The molecule has 0 saturated heterocycles. The van der Waals surface area contributed by atoms with E-state index in [9.17, 15) is 13.2 Å². The lowest BCUT2D eigenvalue weighted by atomic mass is 9.91. The van der Waals surface area contributed by atoms with E-state index in [4.69, 9.17) is 9.47 Å². The van der Waals surface area contributed by atoms with Gasteiger partial charge in [-0.25, -0.2) is 18.1 Å². The molecule has 168 valence electrons. The van der Waals surface area contributed by atoms with E-state index in [0.29, 0.717) is 31.6 Å². The van der Waals surface area contributed by atoms with Crippen molar-refractivity contribution in [3.8, 4) is 17.0 Å². The Morgan fingerprint density at radius 3 is 2.81 bits per heavy atom. The molecule has 2 aromatic rings. The number of fused-ring (bicyclic) bond motifs is 3. The van der Waals surface area contributed by atoms with Crippen LogP contribution in [0.5, 0.6) is 5.75 Å². The standard InChI is InChI=1S/C21H28N4O5S/c1-29-10-11-31(27,28)24-17-5-3-16(4-6-17)23-21(26)15-2-7-20-18(12-15)19-13-22-14-25(19)8-9-30-20/h2,7,12-14,16-17,24H,3-6,8-11H2,1H3,(H,23,26). The maximum atomic E-state index is 12.9. The molecule has 0 bridgehead atoms. The number of imidazole rings is 1. The summed E-state index contributed by atoms with van der Waals surface area (Å²) < 4.78 is 39.5. The third-order valence-corrected chi connectivity index (χ3v) is 7.18. The molecule has 9 nitrogen and oxygen atoms in total. The van der Waals surface area contributed by atoms with Crippen LogP contribution in [0.3, 0.4) is 0 Å². The highest BCUT2D eigenvalue weighted by Gasteiger charge is 2.26. The van der Waals surface area contributed by atoms with Crippen molar-refractivity contribution in [1.29, 1.82) is 0 Å². The van der Waals surface area contributed by atoms with Gasteiger partial charge in [-0.05, 0) is 43.9 Å². The molecule has 31 heavy (non-hydrogen) atoms. The number of carbonyl (C=O) groups is 1. The molecular formula is C21H28N4O5S. The zero-order valence-electron chi connectivity index (χ0n) is 17.5. The molecule has 2 N–H and O–H groups in total. The van der Waals surface area contributed by atoms with E-state index >= 15 is 0 Å². The molecule has 1 aliphatic heterocycles. The van der Waals surface area contributed by atoms with Crippen molar-refractivity contribution in [1.82, 2.24) is 19.6 Å². The number of methoxy groups -OCH3 is 1. The van der Waals surface area contributed by atoms with E-state index in [0.717, 1.165) is 29.8 Å². The second-order valence-corrected chi connectivity index (χ2v) is 9.86. The normalized spacial score (nSPS) is 20.8. The van der Waals surface area contributed by atoms with Crippen LogP contribution in [0.1, 0.15) is 36.0 Å². The average molecular weight is 449 g/mol. The third-order valence-electron chi connectivity index (χ3n) is 5.78. The number of ether oxygens (including phenoxy) is 2. The molecule has 2 aliphatic rings. The number of rotatable bonds is 7. The van der Waals surface area contributed by atoms with Crippen molar-refractivity contribution in [2.75, 3.05) is 26.1 Å². The second kappa shape index (κ2) is 9.37. The largest absolute Gasteiger partial charge is 0.491 e. The van der Waals surface area contributed by atoms with Crippen LogP contribution in [0.4, 0.5) is 0 Å². The second-order valence-electron chi connectivity index (χ2n) is 7.98. The molecule has 1 saturated carbocycles. The van der Waals surface area contributed by atoms with Gasteiger partial charge in [0.05, 0.1) is 37.1 Å². The van der Waals surface area contributed by atoms with Crippen molar-refractivity contribution in [2.45, 2.75) is 44.3 Å². The molecule has 4 rings (SSSR count). The first-order valence-electron chi connectivity index (χ1n) is 10.5. The van der Waals surface area contributed by atoms with Crippen LogP contribution in [0.2, 0.25) is 0 Å². The summed E-state index contributed by atoms with van der Waals surface area (Å²) in [5.74, 6) is 0.570. The van der Waals surface area contributed by atoms with Crippen LogP contribution in [0, 0.1) is 0 Å². The quantitative estimate of drug-likeness (QED) is 0.665. The lowest BCUT2D eigenvalue weighted by molar-refractivity contribution is 0.0925. The Labute approximate surface area is 182 Å². The molecule has 1 aromatic carbocycles. The van der Waals surface area contributed by atoms with Gasteiger partial charge in [-0.1, -0.05) is 0 Å². The van der Waals surface area contributed by atoms with Gasteiger partial charge in [0.1, 0.15) is 12.4 Å². The van der Waals surface area contributed by atoms with Gasteiger partial charge in [0, 0.05) is 30.3 Å². The monoisotopic (exact) mass is 448 g/mol. The zero-order chi connectivity index (χ0) is 21.8. The SMILES string of the molecule is COCCS(=O)(=O)NC1CCC(NC(=O)c2ccc3c(c2)-c2cncn2CCO3)CC1. The van der Waals surface area contributed by atoms with E-state index < -0.39 is 10.0 Å². The van der Waals surface area contributed by atoms with Crippen LogP contribution in [-0.2, 0) is 21.3 Å². The molecule has 1 aromatic heterocycles. The van der Waals surface area contributed by atoms with Crippen LogP contribution < -0.4 is 14.8 Å². The minimum absolute atomic E-state index is 0.0211. The van der Waals surface area contributed by atoms with Crippen molar-refractivity contribution in [2.24, 2.45) is 0 Å². The molecule has 2 heterocycles. The highest BCUT2D eigenvalue weighted by molar-refractivity contribution is 7.89. The van der Waals surface area contributed by atoms with Gasteiger partial charge in [-0.2, -0.15) is 0 Å². The van der Waals surface area contributed by atoms with Crippen LogP contribution in [0.25, 0.3) is 11.3 Å². The number of sulfonamides is 1. The Balaban J connectivity index is 1.35. The summed E-state index contributed by atoms with van der Waals surface area (Å²) in [6.45, 7) is 1.44. The predicted octanol–water partition coefficient (Wildman–Crippen LogP) is 1.55. The molecule has 0 spiro atoms. The summed E-state index contributed by atoms with van der Waals surface area (Å²) in [6.07, 6.45) is 6.38. The number of amides is 1. The minimum Gasteiger partial charge on any atom is -0.491 e. The highest BCUT2D eigenvalue weighted by Crippen LogP contribution is 2.33. The van der Waals surface area contributed by atoms with E-state index in [1.165, 1.54) is 7.11 Å². The fourth-order valence-corrected chi connectivity index (χ4v) is 5.35. The first-order valence-corrected chi connectivity index (χ1v) is 12.2. The van der Waals surface area contributed by atoms with Crippen LogP contribution >= 0.6 is 0 Å². The third kappa shape index (κ3) is 5.25. The van der Waals surface area contributed by atoms with E-state index in [1.54, 1.807) is 18.6 Å².